The Balaban J connectivity index is 3.00. The van der Waals surface area contributed by atoms with E-state index in [2.05, 4.69) is 33.9 Å². The summed E-state index contributed by atoms with van der Waals surface area (Å²) in [5.74, 6) is 0. The lowest BCUT2D eigenvalue weighted by Gasteiger charge is -1.64. The second-order valence-corrected chi connectivity index (χ2v) is 0.635. The van der Waals surface area contributed by atoms with Crippen LogP contribution in [0, 0.1) is 19.0 Å². The number of hydrogen-bond acceptors (Lipinski definition) is 3. The first kappa shape index (κ1) is 3.21. The summed E-state index contributed by atoms with van der Waals surface area (Å²) in [5.41, 5.74) is 0. The highest BCUT2D eigenvalue weighted by Gasteiger charge is 1.65. The molecule has 0 saturated carbocycles. The maximum Gasteiger partial charge on any atom is 0.202 e. The molecule has 0 spiro atoms. The zero-order valence-electron chi connectivity index (χ0n) is 2.84. The second kappa shape index (κ2) is 1.45. The van der Waals surface area contributed by atoms with Crippen LogP contribution in [0.2, 0.25) is 0 Å². The third-order valence-electron chi connectivity index (χ3n) is 0.300. The normalized spacial score (nSPS) is 8.00. The van der Waals surface area contributed by atoms with Crippen molar-refractivity contribution in [2.24, 2.45) is 0 Å². The molecule has 6 heavy (non-hydrogen) atoms. The van der Waals surface area contributed by atoms with Crippen LogP contribution in [0.1, 0.15) is 0 Å². The Morgan fingerprint density at radius 2 is 1.00 bits per heavy atom. The maximum atomic E-state index is 3.28. The van der Waals surface area contributed by atoms with Crippen LogP contribution >= 0.6 is 0 Å². The quantitative estimate of drug-likeness (QED) is 0.410. The highest BCUT2D eigenvalue weighted by Crippen LogP contribution is 1.53. The fourth-order valence-corrected chi connectivity index (χ4v) is 0.142. The maximum absolute atomic E-state index is 3.28. The van der Waals surface area contributed by atoms with E-state index in [0.717, 1.165) is 0 Å². The average molecular weight is 78.1 g/mol. The van der Waals surface area contributed by atoms with E-state index in [-0.39, 0.29) is 0 Å². The summed E-state index contributed by atoms with van der Waals surface area (Å²) in [6.07, 6.45) is 6.66. The van der Waals surface area contributed by atoms with Gasteiger partial charge in [0.05, 0.1) is 0 Å². The van der Waals surface area contributed by atoms with Crippen LogP contribution in [0.3, 0.4) is 0 Å². The van der Waals surface area contributed by atoms with Crippen LogP contribution in [-0.2, 0) is 0 Å². The van der Waals surface area contributed by atoms with E-state index < -0.39 is 0 Å². The molecule has 27 valence electrons. The molecule has 0 saturated heterocycles. The summed E-state index contributed by atoms with van der Waals surface area (Å²) in [7, 11) is 0. The van der Waals surface area contributed by atoms with Gasteiger partial charge in [-0.05, 0) is 0 Å². The van der Waals surface area contributed by atoms with Crippen molar-refractivity contribution in [3.05, 3.63) is 19.0 Å². The average Bonchev–Trinajstić information content (AvgIpc) is 1.72. The van der Waals surface area contributed by atoms with Crippen molar-refractivity contribution >= 4 is 0 Å². The summed E-state index contributed by atoms with van der Waals surface area (Å²) in [5, 5.41) is 0. The van der Waals surface area contributed by atoms with Crippen LogP contribution in [0.4, 0.5) is 0 Å². The summed E-state index contributed by atoms with van der Waals surface area (Å²) in [6, 6.07) is 0. The van der Waals surface area contributed by atoms with Crippen LogP contribution in [0.15, 0.2) is 0 Å². The Morgan fingerprint density at radius 1 is 0.667 bits per heavy atom. The van der Waals surface area contributed by atoms with Crippen LogP contribution in [0.5, 0.6) is 0 Å². The van der Waals surface area contributed by atoms with Gasteiger partial charge in [0.1, 0.15) is 0 Å². The molecule has 3 nitrogen and oxygen atoms in total. The van der Waals surface area contributed by atoms with Crippen molar-refractivity contribution < 1.29 is 0 Å². The lowest BCUT2D eigenvalue weighted by Crippen LogP contribution is -1.77. The van der Waals surface area contributed by atoms with Gasteiger partial charge in [-0.2, -0.15) is 0 Å². The fraction of sp³-hybridized carbons (Fsp3) is 0. The van der Waals surface area contributed by atoms with Crippen molar-refractivity contribution in [3.8, 4) is 0 Å². The molecule has 1 aromatic heterocycles. The predicted molar refractivity (Wildman–Crippen MR) is 16.3 cm³/mol. The largest absolute Gasteiger partial charge is 0.202 e. The molecule has 0 amide bonds. The molecule has 0 atom stereocenters. The van der Waals surface area contributed by atoms with Crippen LogP contribution in [0.25, 0.3) is 0 Å². The van der Waals surface area contributed by atoms with Crippen molar-refractivity contribution in [2.45, 2.75) is 0 Å². The van der Waals surface area contributed by atoms with Gasteiger partial charge in [0.25, 0.3) is 0 Å². The van der Waals surface area contributed by atoms with Gasteiger partial charge >= 0.3 is 0 Å². The predicted octanol–water partition coefficient (Wildman–Crippen LogP) is -0.728. The molecule has 0 fully saturated rings. The standard InChI is InChI=1S/C3N3/c1-4-2-6-3-5-1. The van der Waals surface area contributed by atoms with E-state index >= 15 is 0 Å². The van der Waals surface area contributed by atoms with E-state index in [1.807, 2.05) is 0 Å². The summed E-state index contributed by atoms with van der Waals surface area (Å²) < 4.78 is 0. The Kier molecular flexibility index (Phi) is 0.774. The van der Waals surface area contributed by atoms with Crippen molar-refractivity contribution in [1.82, 2.24) is 15.0 Å². The number of rotatable bonds is 0. The van der Waals surface area contributed by atoms with Gasteiger partial charge in [0.15, 0.2) is 0 Å². The molecule has 1 aromatic rings. The van der Waals surface area contributed by atoms with Gasteiger partial charge in [-0.25, -0.2) is 15.0 Å². The van der Waals surface area contributed by atoms with E-state index in [1.165, 1.54) is 0 Å². The Morgan fingerprint density at radius 3 is 1.17 bits per heavy atom. The van der Waals surface area contributed by atoms with E-state index in [1.54, 1.807) is 0 Å². The number of nitrogens with zero attached hydrogens (tertiary/aromatic N) is 3. The molecular formula is C3N3. The molecule has 3 heteroatoms. The van der Waals surface area contributed by atoms with Crippen molar-refractivity contribution in [3.63, 3.8) is 0 Å². The molecular weight excluding hydrogens is 78.1 g/mol. The van der Waals surface area contributed by atoms with Gasteiger partial charge in [-0.3, -0.25) is 0 Å². The van der Waals surface area contributed by atoms with Gasteiger partial charge in [0.2, 0.25) is 19.0 Å². The molecule has 0 aliphatic heterocycles. The van der Waals surface area contributed by atoms with Gasteiger partial charge < -0.3 is 0 Å². The summed E-state index contributed by atoms with van der Waals surface area (Å²) in [4.78, 5) is 9.84. The highest BCUT2D eigenvalue weighted by molar-refractivity contribution is 4.44. The minimum Gasteiger partial charge on any atom is -0.202 e. The SMILES string of the molecule is [c]1n[c]n[c]n1. The van der Waals surface area contributed by atoms with Crippen molar-refractivity contribution in [2.75, 3.05) is 0 Å². The second-order valence-electron chi connectivity index (χ2n) is 0.635. The molecule has 0 aromatic carbocycles. The molecule has 0 aliphatic rings. The third-order valence-corrected chi connectivity index (χ3v) is 0.300. The van der Waals surface area contributed by atoms with E-state index in [4.69, 9.17) is 0 Å². The van der Waals surface area contributed by atoms with Gasteiger partial charge in [0, 0.05) is 0 Å². The molecule has 0 N–H and O–H groups in total. The first-order valence-corrected chi connectivity index (χ1v) is 1.34. The lowest BCUT2D eigenvalue weighted by atomic mass is 11.1. The fourth-order valence-electron chi connectivity index (χ4n) is 0.142. The van der Waals surface area contributed by atoms with Gasteiger partial charge in [-0.15, -0.1) is 0 Å². The minimum absolute atomic E-state index is 2.22. The molecule has 0 bridgehead atoms. The minimum atomic E-state index is 2.22. The first-order valence-electron chi connectivity index (χ1n) is 1.34. The molecule has 1 heterocycles. The first-order chi connectivity index (χ1) is 3.00. The zero-order chi connectivity index (χ0) is 4.24. The van der Waals surface area contributed by atoms with E-state index in [0.29, 0.717) is 0 Å². The highest BCUT2D eigenvalue weighted by atomic mass is 14.9. The number of aromatic nitrogens is 3. The lowest BCUT2D eigenvalue weighted by molar-refractivity contribution is 1.01. The third kappa shape index (κ3) is 0.484. The van der Waals surface area contributed by atoms with E-state index in [9.17, 15) is 0 Å². The summed E-state index contributed by atoms with van der Waals surface area (Å²) >= 11 is 0. The van der Waals surface area contributed by atoms with Crippen LogP contribution < -0.4 is 0 Å². The topological polar surface area (TPSA) is 38.7 Å². The molecule has 3 radical (unpaired) electrons. The molecule has 1 rings (SSSR count). The zero-order valence-corrected chi connectivity index (χ0v) is 2.84. The Hall–Kier alpha value is -0.990. The van der Waals surface area contributed by atoms with Crippen LogP contribution in [-0.4, -0.2) is 15.0 Å². The van der Waals surface area contributed by atoms with Crippen molar-refractivity contribution in [1.29, 1.82) is 0 Å². The van der Waals surface area contributed by atoms with Gasteiger partial charge in [-0.1, -0.05) is 0 Å². The molecule has 0 unspecified atom stereocenters. The monoisotopic (exact) mass is 78.0 g/mol. The smallest absolute Gasteiger partial charge is 0.202 e. The number of hydrogen-bond donors (Lipinski definition) is 0. The Bertz CT molecular complexity index is 78.0. The summed E-state index contributed by atoms with van der Waals surface area (Å²) in [6.45, 7) is 0. The Labute approximate surface area is 35.1 Å². The molecule has 0 aliphatic carbocycles.